The molecule has 0 amide bonds. The van der Waals surface area contributed by atoms with E-state index in [2.05, 4.69) is 0 Å². The van der Waals surface area contributed by atoms with Gasteiger partial charge in [0.1, 0.15) is 12.2 Å². The molecule has 0 bridgehead atoms. The molecule has 0 atom stereocenters. The van der Waals surface area contributed by atoms with Crippen molar-refractivity contribution in [2.75, 3.05) is 0 Å². The van der Waals surface area contributed by atoms with Crippen LogP contribution in [0.4, 0.5) is 0 Å². The first-order valence-electron chi connectivity index (χ1n) is 8.72. The van der Waals surface area contributed by atoms with Crippen LogP contribution < -0.4 is 10.2 Å². The summed E-state index contributed by atoms with van der Waals surface area (Å²) >= 11 is 12.3. The van der Waals surface area contributed by atoms with Gasteiger partial charge in [-0.1, -0.05) is 65.7 Å². The second-order valence-corrected chi connectivity index (χ2v) is 7.32. The number of rotatable bonds is 4. The second-order valence-electron chi connectivity index (χ2n) is 6.47. The van der Waals surface area contributed by atoms with E-state index in [1.54, 1.807) is 24.3 Å². The molecule has 4 rings (SSSR count). The summed E-state index contributed by atoms with van der Waals surface area (Å²) in [6.07, 6.45) is 0. The van der Waals surface area contributed by atoms with Gasteiger partial charge in [-0.05, 0) is 42.3 Å². The van der Waals surface area contributed by atoms with E-state index in [9.17, 15) is 4.79 Å². The highest BCUT2D eigenvalue weighted by molar-refractivity contribution is 6.32. The number of aryl methyl sites for hydroxylation is 1. The van der Waals surface area contributed by atoms with E-state index in [1.807, 2.05) is 49.4 Å². The van der Waals surface area contributed by atoms with Crippen molar-refractivity contribution in [3.63, 3.8) is 0 Å². The minimum Gasteiger partial charge on any atom is -0.481 e. The fraction of sp³-hybridized carbons (Fsp3) is 0.0870. The zero-order valence-electron chi connectivity index (χ0n) is 15.0. The zero-order valence-corrected chi connectivity index (χ0v) is 16.6. The SMILES string of the molecule is Cc1cc2oc(-c3ccccc3)c(OCc3cccc(Cl)c3)c(=O)c2cc1Cl. The Bertz CT molecular complexity index is 1210. The number of fused-ring (bicyclic) bond motifs is 1. The highest BCUT2D eigenvalue weighted by Crippen LogP contribution is 2.33. The fourth-order valence-corrected chi connectivity index (χ4v) is 3.37. The summed E-state index contributed by atoms with van der Waals surface area (Å²) in [4.78, 5) is 13.2. The molecule has 4 aromatic rings. The van der Waals surface area contributed by atoms with Crippen molar-refractivity contribution in [1.29, 1.82) is 0 Å². The van der Waals surface area contributed by atoms with Gasteiger partial charge in [0.2, 0.25) is 11.2 Å². The molecule has 28 heavy (non-hydrogen) atoms. The van der Waals surface area contributed by atoms with Gasteiger partial charge in [-0.2, -0.15) is 0 Å². The number of halogens is 2. The van der Waals surface area contributed by atoms with Gasteiger partial charge in [0, 0.05) is 15.6 Å². The van der Waals surface area contributed by atoms with Crippen LogP contribution in [0.1, 0.15) is 11.1 Å². The molecular weight excluding hydrogens is 395 g/mol. The summed E-state index contributed by atoms with van der Waals surface area (Å²) in [5, 5.41) is 1.50. The van der Waals surface area contributed by atoms with Crippen molar-refractivity contribution in [3.8, 4) is 17.1 Å². The van der Waals surface area contributed by atoms with Crippen LogP contribution in [-0.2, 0) is 6.61 Å². The van der Waals surface area contributed by atoms with E-state index >= 15 is 0 Å². The molecule has 5 heteroatoms. The third-order valence-corrected chi connectivity index (χ3v) is 5.08. The van der Waals surface area contributed by atoms with Crippen LogP contribution in [0.15, 0.2) is 75.9 Å². The lowest BCUT2D eigenvalue weighted by molar-refractivity contribution is 0.298. The molecule has 1 heterocycles. The van der Waals surface area contributed by atoms with Crippen molar-refractivity contribution in [2.45, 2.75) is 13.5 Å². The van der Waals surface area contributed by atoms with Crippen LogP contribution in [-0.4, -0.2) is 0 Å². The van der Waals surface area contributed by atoms with E-state index in [0.29, 0.717) is 26.8 Å². The van der Waals surface area contributed by atoms with Crippen molar-refractivity contribution in [1.82, 2.24) is 0 Å². The molecule has 0 saturated heterocycles. The van der Waals surface area contributed by atoms with Crippen molar-refractivity contribution >= 4 is 34.2 Å². The van der Waals surface area contributed by atoms with E-state index in [4.69, 9.17) is 32.4 Å². The van der Waals surface area contributed by atoms with Gasteiger partial charge in [0.25, 0.3) is 0 Å². The average molecular weight is 411 g/mol. The van der Waals surface area contributed by atoms with Crippen LogP contribution in [0.2, 0.25) is 10.0 Å². The monoisotopic (exact) mass is 410 g/mol. The van der Waals surface area contributed by atoms with Crippen molar-refractivity contribution in [3.05, 3.63) is 98.1 Å². The highest BCUT2D eigenvalue weighted by Gasteiger charge is 2.18. The molecule has 0 unspecified atom stereocenters. The number of hydrogen-bond donors (Lipinski definition) is 0. The number of ether oxygens (including phenoxy) is 1. The summed E-state index contributed by atoms with van der Waals surface area (Å²) in [6.45, 7) is 2.06. The zero-order chi connectivity index (χ0) is 19.7. The number of hydrogen-bond acceptors (Lipinski definition) is 3. The standard InChI is InChI=1S/C23H16Cl2O3/c1-14-10-20-18(12-19(14)25)21(26)23(22(28-20)16-7-3-2-4-8-16)27-13-15-6-5-9-17(24)11-15/h2-12H,13H2,1H3. The molecule has 0 spiro atoms. The summed E-state index contributed by atoms with van der Waals surface area (Å²) in [5.41, 5.74) is 2.66. The Morgan fingerprint density at radius 3 is 2.50 bits per heavy atom. The molecule has 140 valence electrons. The molecule has 0 N–H and O–H groups in total. The van der Waals surface area contributed by atoms with Gasteiger partial charge < -0.3 is 9.15 Å². The van der Waals surface area contributed by atoms with E-state index < -0.39 is 0 Å². The fourth-order valence-electron chi connectivity index (χ4n) is 2.99. The Morgan fingerprint density at radius 1 is 0.964 bits per heavy atom. The maximum Gasteiger partial charge on any atom is 0.235 e. The van der Waals surface area contributed by atoms with Gasteiger partial charge in [0.05, 0.1) is 5.39 Å². The molecule has 0 aliphatic carbocycles. The molecule has 0 aliphatic heterocycles. The van der Waals surface area contributed by atoms with Crippen molar-refractivity contribution in [2.24, 2.45) is 0 Å². The van der Waals surface area contributed by atoms with Crippen LogP contribution in [0.5, 0.6) is 5.75 Å². The Hall–Kier alpha value is -2.75. The molecule has 3 nitrogen and oxygen atoms in total. The van der Waals surface area contributed by atoms with E-state index in [0.717, 1.165) is 16.7 Å². The molecule has 0 radical (unpaired) electrons. The number of benzene rings is 3. The average Bonchev–Trinajstić information content (AvgIpc) is 2.69. The van der Waals surface area contributed by atoms with Crippen LogP contribution in [0.25, 0.3) is 22.3 Å². The molecule has 0 fully saturated rings. The first kappa shape index (κ1) is 18.6. The largest absolute Gasteiger partial charge is 0.481 e. The normalized spacial score (nSPS) is 11.0. The lowest BCUT2D eigenvalue weighted by Crippen LogP contribution is -2.10. The molecule has 0 aliphatic rings. The predicted octanol–water partition coefficient (Wildman–Crippen LogP) is 6.65. The lowest BCUT2D eigenvalue weighted by Gasteiger charge is -2.12. The van der Waals surface area contributed by atoms with E-state index in [-0.39, 0.29) is 17.8 Å². The Morgan fingerprint density at radius 2 is 1.75 bits per heavy atom. The maximum absolute atomic E-state index is 13.2. The first-order valence-corrected chi connectivity index (χ1v) is 9.48. The summed E-state index contributed by atoms with van der Waals surface area (Å²) in [6, 6.07) is 20.1. The summed E-state index contributed by atoms with van der Waals surface area (Å²) in [5.74, 6) is 0.542. The first-order chi connectivity index (χ1) is 13.5. The highest BCUT2D eigenvalue weighted by atomic mass is 35.5. The topological polar surface area (TPSA) is 39.4 Å². The van der Waals surface area contributed by atoms with Crippen LogP contribution >= 0.6 is 23.2 Å². The Balaban J connectivity index is 1.87. The Kier molecular flexibility index (Phi) is 5.12. The molecule has 0 saturated carbocycles. The molecule has 1 aromatic heterocycles. The quantitative estimate of drug-likeness (QED) is 0.377. The predicted molar refractivity (Wildman–Crippen MR) is 113 cm³/mol. The van der Waals surface area contributed by atoms with Crippen LogP contribution in [0, 0.1) is 6.92 Å². The Labute approximate surface area is 172 Å². The third-order valence-electron chi connectivity index (χ3n) is 4.44. The van der Waals surface area contributed by atoms with Gasteiger partial charge in [-0.3, -0.25) is 4.79 Å². The second kappa shape index (κ2) is 7.70. The van der Waals surface area contributed by atoms with Gasteiger partial charge >= 0.3 is 0 Å². The third kappa shape index (κ3) is 3.64. The van der Waals surface area contributed by atoms with Gasteiger partial charge in [-0.25, -0.2) is 0 Å². The summed E-state index contributed by atoms with van der Waals surface area (Å²) in [7, 11) is 0. The lowest BCUT2D eigenvalue weighted by atomic mass is 10.1. The van der Waals surface area contributed by atoms with E-state index in [1.165, 1.54) is 0 Å². The minimum atomic E-state index is -0.260. The smallest absolute Gasteiger partial charge is 0.235 e. The van der Waals surface area contributed by atoms with Gasteiger partial charge in [-0.15, -0.1) is 0 Å². The summed E-state index contributed by atoms with van der Waals surface area (Å²) < 4.78 is 12.0. The molecule has 3 aromatic carbocycles. The van der Waals surface area contributed by atoms with Crippen molar-refractivity contribution < 1.29 is 9.15 Å². The minimum absolute atomic E-state index is 0.151. The molecular formula is C23H16Cl2O3. The van der Waals surface area contributed by atoms with Crippen LogP contribution in [0.3, 0.4) is 0 Å². The van der Waals surface area contributed by atoms with Gasteiger partial charge in [0.15, 0.2) is 5.76 Å². The maximum atomic E-state index is 13.2.